The maximum atomic E-state index is 5.90. The Morgan fingerprint density at radius 3 is 3.14 bits per heavy atom. The van der Waals surface area contributed by atoms with Gasteiger partial charge in [-0.1, -0.05) is 6.92 Å². The monoisotopic (exact) mass is 210 g/mol. The summed E-state index contributed by atoms with van der Waals surface area (Å²) in [6, 6.07) is 2.13. The lowest BCUT2D eigenvalue weighted by Crippen LogP contribution is -2.26. The van der Waals surface area contributed by atoms with E-state index in [0.29, 0.717) is 5.84 Å². The number of amidine groups is 1. The predicted molar refractivity (Wildman–Crippen MR) is 59.2 cm³/mol. The molecule has 2 atom stereocenters. The van der Waals surface area contributed by atoms with E-state index in [-0.39, 0.29) is 12.1 Å². The van der Waals surface area contributed by atoms with Crippen molar-refractivity contribution in [3.63, 3.8) is 0 Å². The summed E-state index contributed by atoms with van der Waals surface area (Å²) in [6.45, 7) is 4.14. The second-order valence-corrected chi connectivity index (χ2v) is 4.34. The molecule has 1 aliphatic heterocycles. The number of hydrogen-bond acceptors (Lipinski definition) is 4. The van der Waals surface area contributed by atoms with Crippen molar-refractivity contribution in [2.45, 2.75) is 32.4 Å². The molecular formula is C10H14N2OS. The summed E-state index contributed by atoms with van der Waals surface area (Å²) in [6.07, 6.45) is 1.06. The largest absolute Gasteiger partial charge is 0.487 e. The lowest BCUT2D eigenvalue weighted by Gasteiger charge is -2.17. The van der Waals surface area contributed by atoms with Crippen LogP contribution in [0.2, 0.25) is 0 Å². The van der Waals surface area contributed by atoms with Crippen molar-refractivity contribution < 1.29 is 4.74 Å². The Bertz CT molecular complexity index is 359. The van der Waals surface area contributed by atoms with E-state index in [9.17, 15) is 0 Å². The number of ether oxygens (including phenoxy) is 1. The van der Waals surface area contributed by atoms with Crippen molar-refractivity contribution in [1.29, 1.82) is 0 Å². The Morgan fingerprint density at radius 2 is 2.43 bits per heavy atom. The molecule has 1 aromatic rings. The normalized spacial score (nSPS) is 26.0. The van der Waals surface area contributed by atoms with Crippen molar-refractivity contribution in [2.75, 3.05) is 0 Å². The van der Waals surface area contributed by atoms with E-state index in [0.717, 1.165) is 17.0 Å². The molecule has 0 bridgehead atoms. The van der Waals surface area contributed by atoms with Crippen LogP contribution in [0.25, 0.3) is 0 Å². The standard InChI is InChI=1S/C10H14N2OS/c1-3-7-6(2)13-8-4-5-14-9(8)10(11)12-7/h4-7H,3H2,1-2H3,(H2,11,12)/t6-,7+/m0/s1. The summed E-state index contributed by atoms with van der Waals surface area (Å²) in [5, 5.41) is 1.98. The second-order valence-electron chi connectivity index (χ2n) is 3.43. The minimum Gasteiger partial charge on any atom is -0.487 e. The number of nitrogens with two attached hydrogens (primary N) is 1. The molecule has 76 valence electrons. The first-order valence-electron chi connectivity index (χ1n) is 4.80. The Kier molecular flexibility index (Phi) is 2.46. The fraction of sp³-hybridized carbons (Fsp3) is 0.500. The summed E-state index contributed by atoms with van der Waals surface area (Å²) in [5.74, 6) is 1.49. The zero-order valence-electron chi connectivity index (χ0n) is 8.36. The molecule has 2 rings (SSSR count). The van der Waals surface area contributed by atoms with Crippen LogP contribution in [0, 0.1) is 0 Å². The van der Waals surface area contributed by atoms with Gasteiger partial charge in [0, 0.05) is 0 Å². The van der Waals surface area contributed by atoms with E-state index >= 15 is 0 Å². The molecule has 1 aliphatic rings. The number of aliphatic imine (C=N–C) groups is 1. The zero-order chi connectivity index (χ0) is 10.1. The van der Waals surface area contributed by atoms with Gasteiger partial charge in [0.15, 0.2) is 0 Å². The van der Waals surface area contributed by atoms with E-state index in [1.165, 1.54) is 0 Å². The van der Waals surface area contributed by atoms with E-state index < -0.39 is 0 Å². The maximum absolute atomic E-state index is 5.90. The average Bonchev–Trinajstić information content (AvgIpc) is 2.57. The minimum absolute atomic E-state index is 0.106. The minimum atomic E-state index is 0.106. The highest BCUT2D eigenvalue weighted by atomic mass is 32.1. The summed E-state index contributed by atoms with van der Waals surface area (Å²) in [7, 11) is 0. The number of hydrogen-bond donors (Lipinski definition) is 1. The lowest BCUT2D eigenvalue weighted by molar-refractivity contribution is 0.191. The first-order valence-corrected chi connectivity index (χ1v) is 5.68. The van der Waals surface area contributed by atoms with Crippen LogP contribution < -0.4 is 10.5 Å². The quantitative estimate of drug-likeness (QED) is 0.770. The summed E-state index contributed by atoms with van der Waals surface area (Å²) >= 11 is 1.58. The molecule has 0 spiro atoms. The summed E-state index contributed by atoms with van der Waals surface area (Å²) in [5.41, 5.74) is 5.90. The molecule has 2 N–H and O–H groups in total. The van der Waals surface area contributed by atoms with Gasteiger partial charge in [0.05, 0.1) is 6.04 Å². The first kappa shape index (κ1) is 9.52. The van der Waals surface area contributed by atoms with Gasteiger partial charge in [-0.25, -0.2) is 0 Å². The Hall–Kier alpha value is -1.03. The number of nitrogens with zero attached hydrogens (tertiary/aromatic N) is 1. The molecule has 4 heteroatoms. The van der Waals surface area contributed by atoms with E-state index in [4.69, 9.17) is 10.5 Å². The molecule has 0 fully saturated rings. The molecule has 3 nitrogen and oxygen atoms in total. The summed E-state index contributed by atoms with van der Waals surface area (Å²) < 4.78 is 5.79. The fourth-order valence-electron chi connectivity index (χ4n) is 1.62. The molecule has 0 saturated carbocycles. The third kappa shape index (κ3) is 1.50. The van der Waals surface area contributed by atoms with Gasteiger partial charge in [-0.2, -0.15) is 0 Å². The average molecular weight is 210 g/mol. The van der Waals surface area contributed by atoms with Gasteiger partial charge in [0.2, 0.25) is 0 Å². The molecule has 0 aromatic carbocycles. The molecule has 0 aliphatic carbocycles. The third-order valence-corrected chi connectivity index (χ3v) is 3.36. The van der Waals surface area contributed by atoms with Crippen molar-refractivity contribution >= 4 is 17.2 Å². The third-order valence-electron chi connectivity index (χ3n) is 2.44. The molecule has 1 aromatic heterocycles. The van der Waals surface area contributed by atoms with Crippen LogP contribution in [0.15, 0.2) is 16.4 Å². The first-order chi connectivity index (χ1) is 6.72. The number of thiophene rings is 1. The maximum Gasteiger partial charge on any atom is 0.141 e. The van der Waals surface area contributed by atoms with E-state index in [2.05, 4.69) is 11.9 Å². The Labute approximate surface area is 87.6 Å². The van der Waals surface area contributed by atoms with Crippen LogP contribution in [0.3, 0.4) is 0 Å². The van der Waals surface area contributed by atoms with Crippen molar-refractivity contribution in [2.24, 2.45) is 10.7 Å². The second kappa shape index (κ2) is 3.61. The number of fused-ring (bicyclic) bond motifs is 1. The fourth-order valence-corrected chi connectivity index (χ4v) is 2.35. The molecule has 0 radical (unpaired) electrons. The topological polar surface area (TPSA) is 47.6 Å². The van der Waals surface area contributed by atoms with E-state index in [1.807, 2.05) is 18.4 Å². The molecule has 2 heterocycles. The van der Waals surface area contributed by atoms with Crippen LogP contribution >= 0.6 is 11.3 Å². The lowest BCUT2D eigenvalue weighted by atomic mass is 10.1. The van der Waals surface area contributed by atoms with Gasteiger partial charge in [-0.3, -0.25) is 4.99 Å². The van der Waals surface area contributed by atoms with Crippen LogP contribution in [-0.2, 0) is 0 Å². The molecular weight excluding hydrogens is 196 g/mol. The predicted octanol–water partition coefficient (Wildman–Crippen LogP) is 2.01. The zero-order valence-corrected chi connectivity index (χ0v) is 9.17. The van der Waals surface area contributed by atoms with Crippen LogP contribution in [0.1, 0.15) is 25.1 Å². The Balaban J connectivity index is 2.40. The van der Waals surface area contributed by atoms with Gasteiger partial charge in [0.1, 0.15) is 22.6 Å². The van der Waals surface area contributed by atoms with Gasteiger partial charge in [0.25, 0.3) is 0 Å². The highest BCUT2D eigenvalue weighted by Crippen LogP contribution is 2.29. The van der Waals surface area contributed by atoms with Crippen molar-refractivity contribution in [3.8, 4) is 5.75 Å². The molecule has 14 heavy (non-hydrogen) atoms. The SMILES string of the molecule is CC[C@H]1N=C(N)c2sccc2O[C@H]1C. The highest BCUT2D eigenvalue weighted by molar-refractivity contribution is 7.12. The van der Waals surface area contributed by atoms with Crippen molar-refractivity contribution in [3.05, 3.63) is 16.3 Å². The summed E-state index contributed by atoms with van der Waals surface area (Å²) in [4.78, 5) is 5.43. The number of rotatable bonds is 1. The smallest absolute Gasteiger partial charge is 0.141 e. The molecule has 0 amide bonds. The molecule has 0 saturated heterocycles. The Morgan fingerprint density at radius 1 is 1.64 bits per heavy atom. The van der Waals surface area contributed by atoms with Crippen LogP contribution in [0.4, 0.5) is 0 Å². The van der Waals surface area contributed by atoms with Crippen LogP contribution in [0.5, 0.6) is 5.75 Å². The van der Waals surface area contributed by atoms with Gasteiger partial charge in [-0.15, -0.1) is 11.3 Å². The molecule has 0 unspecified atom stereocenters. The van der Waals surface area contributed by atoms with Gasteiger partial charge in [-0.05, 0) is 24.8 Å². The highest BCUT2D eigenvalue weighted by Gasteiger charge is 2.23. The van der Waals surface area contributed by atoms with Crippen molar-refractivity contribution in [1.82, 2.24) is 0 Å². The van der Waals surface area contributed by atoms with Crippen LogP contribution in [-0.4, -0.2) is 18.0 Å². The van der Waals surface area contributed by atoms with Gasteiger partial charge >= 0.3 is 0 Å². The van der Waals surface area contributed by atoms with E-state index in [1.54, 1.807) is 11.3 Å². The van der Waals surface area contributed by atoms with Gasteiger partial charge < -0.3 is 10.5 Å².